The molecule has 1 N–H and O–H groups in total. The van der Waals surface area contributed by atoms with Crippen molar-refractivity contribution in [3.8, 4) is 0 Å². The summed E-state index contributed by atoms with van der Waals surface area (Å²) in [6, 6.07) is -0.167. The Bertz CT molecular complexity index is 220. The lowest BCUT2D eigenvalue weighted by Crippen LogP contribution is -2.48. The van der Waals surface area contributed by atoms with Crippen LogP contribution in [0.2, 0.25) is 0 Å². The van der Waals surface area contributed by atoms with Crippen molar-refractivity contribution in [1.29, 1.82) is 0 Å². The summed E-state index contributed by atoms with van der Waals surface area (Å²) in [7, 11) is 1.43. The molecule has 1 saturated heterocycles. The average Bonchev–Trinajstić information content (AvgIpc) is 2.29. The maximum Gasteiger partial charge on any atom is 0.323 e. The number of aliphatic hydroxyl groups excluding tert-OH is 1. The summed E-state index contributed by atoms with van der Waals surface area (Å²) in [4.78, 5) is 13.7. The van der Waals surface area contributed by atoms with Crippen LogP contribution in [0.4, 0.5) is 0 Å². The number of hydrogen-bond donors (Lipinski definition) is 1. The Morgan fingerprint density at radius 3 is 2.94 bits per heavy atom. The van der Waals surface area contributed by atoms with Gasteiger partial charge in [0.2, 0.25) is 0 Å². The second-order valence-corrected chi connectivity index (χ2v) is 4.47. The Kier molecular flexibility index (Phi) is 5.77. The zero-order valence-electron chi connectivity index (χ0n) is 10.3. The van der Waals surface area contributed by atoms with Crippen molar-refractivity contribution in [2.45, 2.75) is 51.2 Å². The number of unbranched alkanes of at least 4 members (excludes halogenated alkanes) is 1. The molecule has 16 heavy (non-hydrogen) atoms. The van der Waals surface area contributed by atoms with Crippen molar-refractivity contribution in [3.05, 3.63) is 0 Å². The van der Waals surface area contributed by atoms with Crippen molar-refractivity contribution < 1.29 is 14.6 Å². The number of methoxy groups -OCH3 is 1. The molecule has 1 heterocycles. The lowest BCUT2D eigenvalue weighted by molar-refractivity contribution is -0.148. The molecule has 0 aromatic heterocycles. The molecule has 2 atom stereocenters. The molecule has 0 aromatic carbocycles. The quantitative estimate of drug-likeness (QED) is 0.719. The lowest BCUT2D eigenvalue weighted by Gasteiger charge is -2.35. The van der Waals surface area contributed by atoms with E-state index in [1.54, 1.807) is 0 Å². The van der Waals surface area contributed by atoms with Crippen LogP contribution in [0.15, 0.2) is 0 Å². The molecule has 1 aliphatic rings. The summed E-state index contributed by atoms with van der Waals surface area (Å²) in [5, 5.41) is 9.61. The Morgan fingerprint density at radius 2 is 2.38 bits per heavy atom. The van der Waals surface area contributed by atoms with E-state index in [0.29, 0.717) is 6.54 Å². The fourth-order valence-corrected chi connectivity index (χ4v) is 2.25. The molecule has 1 rings (SSSR count). The molecule has 0 saturated carbocycles. The first-order valence-corrected chi connectivity index (χ1v) is 6.19. The molecule has 0 amide bonds. The van der Waals surface area contributed by atoms with E-state index >= 15 is 0 Å². The second-order valence-electron chi connectivity index (χ2n) is 4.47. The van der Waals surface area contributed by atoms with Gasteiger partial charge in [-0.15, -0.1) is 0 Å². The van der Waals surface area contributed by atoms with Gasteiger partial charge in [-0.2, -0.15) is 0 Å². The number of likely N-dealkylation sites (tertiary alicyclic amines) is 1. The molecule has 0 bridgehead atoms. The fraction of sp³-hybridized carbons (Fsp3) is 0.917. The highest BCUT2D eigenvalue weighted by Gasteiger charge is 2.29. The first kappa shape index (κ1) is 13.5. The minimum atomic E-state index is -0.289. The molecule has 2 unspecified atom stereocenters. The number of hydrogen-bond acceptors (Lipinski definition) is 4. The van der Waals surface area contributed by atoms with Crippen LogP contribution in [0.5, 0.6) is 0 Å². The Labute approximate surface area is 97.6 Å². The third-order valence-electron chi connectivity index (χ3n) is 3.17. The van der Waals surface area contributed by atoms with Gasteiger partial charge in [0, 0.05) is 6.54 Å². The van der Waals surface area contributed by atoms with E-state index in [4.69, 9.17) is 4.74 Å². The van der Waals surface area contributed by atoms with E-state index in [0.717, 1.165) is 38.6 Å². The maximum absolute atomic E-state index is 11.7. The topological polar surface area (TPSA) is 49.8 Å². The molecule has 0 aromatic rings. The van der Waals surface area contributed by atoms with Crippen molar-refractivity contribution in [2.75, 3.05) is 20.2 Å². The molecule has 0 radical (unpaired) electrons. The zero-order chi connectivity index (χ0) is 12.0. The Balaban J connectivity index is 2.55. The largest absolute Gasteiger partial charge is 0.468 e. The highest BCUT2D eigenvalue weighted by atomic mass is 16.5. The number of β-amino-alcohol motifs (C(OH)–C–C–N with tert-alkyl or cyclic N) is 1. The second kappa shape index (κ2) is 6.86. The van der Waals surface area contributed by atoms with Crippen LogP contribution in [0.1, 0.15) is 39.0 Å². The monoisotopic (exact) mass is 229 g/mol. The average molecular weight is 229 g/mol. The van der Waals surface area contributed by atoms with Crippen molar-refractivity contribution in [3.63, 3.8) is 0 Å². The van der Waals surface area contributed by atoms with Gasteiger partial charge in [-0.1, -0.05) is 19.8 Å². The number of aliphatic hydroxyl groups is 1. The van der Waals surface area contributed by atoms with Crippen LogP contribution in [0, 0.1) is 0 Å². The minimum Gasteiger partial charge on any atom is -0.468 e. The third-order valence-corrected chi connectivity index (χ3v) is 3.17. The third kappa shape index (κ3) is 3.76. The summed E-state index contributed by atoms with van der Waals surface area (Å²) < 4.78 is 4.84. The molecule has 1 fully saturated rings. The first-order valence-electron chi connectivity index (χ1n) is 6.19. The summed E-state index contributed by atoms with van der Waals surface area (Å²) in [6.07, 6.45) is 4.44. The number of esters is 1. The van der Waals surface area contributed by atoms with Crippen LogP contribution in [-0.2, 0) is 9.53 Å². The molecule has 0 spiro atoms. The van der Waals surface area contributed by atoms with Gasteiger partial charge in [0.05, 0.1) is 13.2 Å². The number of ether oxygens (including phenoxy) is 1. The summed E-state index contributed by atoms with van der Waals surface area (Å²) in [5.41, 5.74) is 0. The van der Waals surface area contributed by atoms with Gasteiger partial charge in [0.25, 0.3) is 0 Å². The minimum absolute atomic E-state index is 0.164. The van der Waals surface area contributed by atoms with Gasteiger partial charge in [-0.3, -0.25) is 9.69 Å². The van der Waals surface area contributed by atoms with Gasteiger partial charge >= 0.3 is 5.97 Å². The van der Waals surface area contributed by atoms with E-state index in [9.17, 15) is 9.90 Å². The number of rotatable bonds is 5. The van der Waals surface area contributed by atoms with E-state index in [-0.39, 0.29) is 18.1 Å². The van der Waals surface area contributed by atoms with E-state index in [1.165, 1.54) is 7.11 Å². The van der Waals surface area contributed by atoms with Gasteiger partial charge in [0.1, 0.15) is 6.04 Å². The van der Waals surface area contributed by atoms with E-state index < -0.39 is 0 Å². The summed E-state index contributed by atoms with van der Waals surface area (Å²) >= 11 is 0. The predicted octanol–water partition coefficient (Wildman–Crippen LogP) is 1.17. The molecule has 94 valence electrons. The highest BCUT2D eigenvalue weighted by molar-refractivity contribution is 5.75. The zero-order valence-corrected chi connectivity index (χ0v) is 10.3. The number of nitrogens with zero attached hydrogens (tertiary/aromatic N) is 1. The Hall–Kier alpha value is -0.610. The van der Waals surface area contributed by atoms with Crippen LogP contribution in [-0.4, -0.2) is 48.3 Å². The first-order chi connectivity index (χ1) is 7.69. The van der Waals surface area contributed by atoms with Crippen molar-refractivity contribution in [1.82, 2.24) is 4.90 Å². The van der Waals surface area contributed by atoms with E-state index in [1.807, 2.05) is 0 Å². The normalized spacial score (nSPS) is 24.1. The van der Waals surface area contributed by atoms with Crippen LogP contribution in [0.25, 0.3) is 0 Å². The van der Waals surface area contributed by atoms with Gasteiger partial charge < -0.3 is 9.84 Å². The summed E-state index contributed by atoms with van der Waals surface area (Å²) in [5.74, 6) is -0.164. The molecule has 1 aliphatic heterocycles. The standard InChI is InChI=1S/C12H23NO3/c1-3-4-7-11(12(15)16-2)13-8-5-6-10(14)9-13/h10-11,14H,3-9H2,1-2H3. The molecule has 0 aliphatic carbocycles. The molecular weight excluding hydrogens is 206 g/mol. The van der Waals surface area contributed by atoms with Gasteiger partial charge in [-0.05, 0) is 25.8 Å². The van der Waals surface area contributed by atoms with Crippen LogP contribution in [0.3, 0.4) is 0 Å². The number of carbonyl (C=O) groups is 1. The number of carbonyl (C=O) groups excluding carboxylic acids is 1. The van der Waals surface area contributed by atoms with Crippen molar-refractivity contribution in [2.24, 2.45) is 0 Å². The van der Waals surface area contributed by atoms with Crippen LogP contribution < -0.4 is 0 Å². The number of piperidine rings is 1. The predicted molar refractivity (Wildman–Crippen MR) is 62.1 cm³/mol. The molecular formula is C12H23NO3. The van der Waals surface area contributed by atoms with E-state index in [2.05, 4.69) is 11.8 Å². The van der Waals surface area contributed by atoms with Gasteiger partial charge in [0.15, 0.2) is 0 Å². The molecule has 4 heteroatoms. The maximum atomic E-state index is 11.7. The van der Waals surface area contributed by atoms with Crippen LogP contribution >= 0.6 is 0 Å². The highest BCUT2D eigenvalue weighted by Crippen LogP contribution is 2.17. The lowest BCUT2D eigenvalue weighted by atomic mass is 10.0. The van der Waals surface area contributed by atoms with Crippen molar-refractivity contribution >= 4 is 5.97 Å². The fourth-order valence-electron chi connectivity index (χ4n) is 2.25. The smallest absolute Gasteiger partial charge is 0.323 e. The SMILES string of the molecule is CCCCC(C(=O)OC)N1CCCC(O)C1. The summed E-state index contributed by atoms with van der Waals surface area (Å²) in [6.45, 7) is 3.60. The van der Waals surface area contributed by atoms with Gasteiger partial charge in [-0.25, -0.2) is 0 Å². The molecule has 4 nitrogen and oxygen atoms in total. The Morgan fingerprint density at radius 1 is 1.62 bits per heavy atom.